The maximum Gasteiger partial charge on any atom is 0.342 e. The largest absolute Gasteiger partial charge is 0.506 e. The number of esters is 4. The van der Waals surface area contributed by atoms with Crippen LogP contribution < -0.4 is 0 Å². The fourth-order valence-electron chi connectivity index (χ4n) is 5.34. The van der Waals surface area contributed by atoms with Gasteiger partial charge >= 0.3 is 23.9 Å². The van der Waals surface area contributed by atoms with Gasteiger partial charge in [0, 0.05) is 5.56 Å². The molecule has 0 bridgehead atoms. The van der Waals surface area contributed by atoms with Crippen molar-refractivity contribution in [3.8, 4) is 16.9 Å². The second-order valence-electron chi connectivity index (χ2n) is 12.4. The van der Waals surface area contributed by atoms with Crippen molar-refractivity contribution in [3.05, 3.63) is 52.6 Å². The van der Waals surface area contributed by atoms with Crippen LogP contribution in [0.5, 0.6) is 5.75 Å². The smallest absolute Gasteiger partial charge is 0.342 e. The molecule has 0 spiro atoms. The van der Waals surface area contributed by atoms with Crippen LogP contribution in [0, 0.1) is 0 Å². The molecule has 0 aliphatic carbocycles. The molecule has 0 atom stereocenters. The molecule has 0 fully saturated rings. The van der Waals surface area contributed by atoms with E-state index >= 15 is 0 Å². The molecular formula is C40H58O9. The Bertz CT molecular complexity index is 1320. The summed E-state index contributed by atoms with van der Waals surface area (Å²) in [6.07, 6.45) is 14.6. The zero-order chi connectivity index (χ0) is 35.9. The van der Waals surface area contributed by atoms with Gasteiger partial charge in [0.1, 0.15) is 11.3 Å². The first kappa shape index (κ1) is 41.3. The number of ether oxygens (including phenoxy) is 4. The number of phenols is 1. The molecule has 2 aromatic rings. The average Bonchev–Trinajstić information content (AvgIpc) is 3.10. The quantitative estimate of drug-likeness (QED) is 0.0618. The maximum atomic E-state index is 13.4. The van der Waals surface area contributed by atoms with Crippen LogP contribution in [0.4, 0.5) is 0 Å². The van der Waals surface area contributed by atoms with E-state index in [2.05, 4.69) is 27.7 Å². The topological polar surface area (TPSA) is 125 Å². The van der Waals surface area contributed by atoms with Crippen molar-refractivity contribution in [1.29, 1.82) is 0 Å². The summed E-state index contributed by atoms with van der Waals surface area (Å²) in [7, 11) is 0. The average molecular weight is 683 g/mol. The number of hydrogen-bond donors (Lipinski definition) is 1. The number of unbranched alkanes of at least 4 members (excludes halogenated alkanes) is 12. The van der Waals surface area contributed by atoms with E-state index in [0.717, 1.165) is 77.0 Å². The summed E-state index contributed by atoms with van der Waals surface area (Å²) in [4.78, 5) is 53.0. The van der Waals surface area contributed by atoms with Gasteiger partial charge in [-0.2, -0.15) is 0 Å². The highest BCUT2D eigenvalue weighted by molar-refractivity contribution is 6.08. The predicted octanol–water partition coefficient (Wildman–Crippen LogP) is 10.0. The predicted molar refractivity (Wildman–Crippen MR) is 191 cm³/mol. The Hall–Kier alpha value is -3.88. The molecule has 0 unspecified atom stereocenters. The SMILES string of the molecule is CCCCCCOC(=O)c1ccc(-c2ccc(C(=O)OCCCCCC)c(C(=O)OCCCCCC)c2O)cc1C(=O)OCCCCCC. The molecule has 9 nitrogen and oxygen atoms in total. The summed E-state index contributed by atoms with van der Waals surface area (Å²) < 4.78 is 22.0. The molecule has 2 aromatic carbocycles. The van der Waals surface area contributed by atoms with E-state index in [1.807, 2.05) is 0 Å². The lowest BCUT2D eigenvalue weighted by Crippen LogP contribution is -2.16. The lowest BCUT2D eigenvalue weighted by molar-refractivity contribution is 0.0447. The van der Waals surface area contributed by atoms with Gasteiger partial charge in [0.2, 0.25) is 0 Å². The maximum absolute atomic E-state index is 13.4. The first-order valence-corrected chi connectivity index (χ1v) is 18.5. The molecule has 0 radical (unpaired) electrons. The Morgan fingerprint density at radius 3 is 1.31 bits per heavy atom. The Kier molecular flexibility index (Phi) is 20.5. The number of carbonyl (C=O) groups is 4. The van der Waals surface area contributed by atoms with Crippen molar-refractivity contribution in [2.75, 3.05) is 26.4 Å². The first-order chi connectivity index (χ1) is 23.8. The highest BCUT2D eigenvalue weighted by Gasteiger charge is 2.28. The van der Waals surface area contributed by atoms with E-state index in [-0.39, 0.29) is 54.2 Å². The molecule has 1 N–H and O–H groups in total. The van der Waals surface area contributed by atoms with Crippen LogP contribution in [0.2, 0.25) is 0 Å². The summed E-state index contributed by atoms with van der Waals surface area (Å²) in [5.41, 5.74) is 0.140. The van der Waals surface area contributed by atoms with Crippen molar-refractivity contribution in [1.82, 2.24) is 0 Å². The monoisotopic (exact) mass is 682 g/mol. The van der Waals surface area contributed by atoms with Crippen LogP contribution in [0.3, 0.4) is 0 Å². The molecule has 0 amide bonds. The number of benzene rings is 2. The fourth-order valence-corrected chi connectivity index (χ4v) is 5.34. The normalized spacial score (nSPS) is 10.9. The van der Waals surface area contributed by atoms with E-state index < -0.39 is 29.6 Å². The number of rotatable bonds is 25. The van der Waals surface area contributed by atoms with Gasteiger partial charge in [-0.15, -0.1) is 0 Å². The summed E-state index contributed by atoms with van der Waals surface area (Å²) in [5, 5.41) is 11.5. The van der Waals surface area contributed by atoms with Crippen molar-refractivity contribution in [2.24, 2.45) is 0 Å². The Morgan fingerprint density at radius 1 is 0.469 bits per heavy atom. The molecule has 0 aliphatic rings. The minimum Gasteiger partial charge on any atom is -0.506 e. The van der Waals surface area contributed by atoms with E-state index in [4.69, 9.17) is 18.9 Å². The summed E-state index contributed by atoms with van der Waals surface area (Å²) in [6, 6.07) is 7.37. The number of aromatic hydroxyl groups is 1. The highest BCUT2D eigenvalue weighted by Crippen LogP contribution is 2.36. The Labute approximate surface area is 293 Å². The minimum absolute atomic E-state index is 0.0124. The van der Waals surface area contributed by atoms with Gasteiger partial charge in [0.25, 0.3) is 0 Å². The van der Waals surface area contributed by atoms with Gasteiger partial charge in [0.05, 0.1) is 43.1 Å². The first-order valence-electron chi connectivity index (χ1n) is 18.5. The lowest BCUT2D eigenvalue weighted by atomic mass is 9.94. The van der Waals surface area contributed by atoms with Crippen LogP contribution >= 0.6 is 0 Å². The standard InChI is InChI=1S/C40H58O9/c1-5-9-13-17-25-46-37(42)32-22-21-30(29-34(32)39(44)48-27-19-15-11-7-3)31-23-24-33(38(43)47-26-18-14-10-6-2)35(36(31)41)40(45)49-28-20-16-12-8-4/h21-24,29,41H,5-20,25-28H2,1-4H3. The van der Waals surface area contributed by atoms with Gasteiger partial charge in [-0.05, 0) is 55.5 Å². The van der Waals surface area contributed by atoms with Crippen molar-refractivity contribution in [3.63, 3.8) is 0 Å². The van der Waals surface area contributed by atoms with Crippen LogP contribution in [0.1, 0.15) is 172 Å². The Balaban J connectivity index is 2.47. The summed E-state index contributed by atoms with van der Waals surface area (Å²) >= 11 is 0. The third-order valence-electron chi connectivity index (χ3n) is 8.30. The molecular weight excluding hydrogens is 624 g/mol. The zero-order valence-electron chi connectivity index (χ0n) is 30.2. The molecule has 0 aromatic heterocycles. The number of hydrogen-bond acceptors (Lipinski definition) is 9. The van der Waals surface area contributed by atoms with Crippen molar-refractivity contribution < 1.29 is 43.2 Å². The fraction of sp³-hybridized carbons (Fsp3) is 0.600. The van der Waals surface area contributed by atoms with Crippen molar-refractivity contribution >= 4 is 23.9 Å². The molecule has 9 heteroatoms. The number of phenolic OH excluding ortho intramolecular Hbond substituents is 1. The molecule has 0 heterocycles. The molecule has 0 saturated carbocycles. The highest BCUT2D eigenvalue weighted by atomic mass is 16.5. The molecule has 2 rings (SSSR count). The molecule has 272 valence electrons. The van der Waals surface area contributed by atoms with E-state index in [9.17, 15) is 24.3 Å². The van der Waals surface area contributed by atoms with Crippen LogP contribution in [-0.2, 0) is 18.9 Å². The second-order valence-corrected chi connectivity index (χ2v) is 12.4. The molecule has 0 aliphatic heterocycles. The van der Waals surface area contributed by atoms with Gasteiger partial charge in [-0.25, -0.2) is 19.2 Å². The molecule has 49 heavy (non-hydrogen) atoms. The Morgan fingerprint density at radius 2 is 0.857 bits per heavy atom. The lowest BCUT2D eigenvalue weighted by Gasteiger charge is -2.16. The minimum atomic E-state index is -0.844. The van der Waals surface area contributed by atoms with E-state index in [1.165, 1.54) is 24.3 Å². The van der Waals surface area contributed by atoms with Crippen LogP contribution in [-0.4, -0.2) is 55.4 Å². The van der Waals surface area contributed by atoms with Gasteiger partial charge in [-0.3, -0.25) is 0 Å². The van der Waals surface area contributed by atoms with Gasteiger partial charge < -0.3 is 24.1 Å². The summed E-state index contributed by atoms with van der Waals surface area (Å²) in [6.45, 7) is 9.11. The third kappa shape index (κ3) is 14.2. The van der Waals surface area contributed by atoms with Gasteiger partial charge in [-0.1, -0.05) is 111 Å². The van der Waals surface area contributed by atoms with Crippen LogP contribution in [0.15, 0.2) is 30.3 Å². The van der Waals surface area contributed by atoms with Crippen LogP contribution in [0.25, 0.3) is 11.1 Å². The van der Waals surface area contributed by atoms with E-state index in [0.29, 0.717) is 31.2 Å². The summed E-state index contributed by atoms with van der Waals surface area (Å²) in [5.74, 6) is -3.39. The zero-order valence-corrected chi connectivity index (χ0v) is 30.2. The van der Waals surface area contributed by atoms with Gasteiger partial charge in [0.15, 0.2) is 0 Å². The molecule has 0 saturated heterocycles. The van der Waals surface area contributed by atoms with Crippen molar-refractivity contribution in [2.45, 2.75) is 130 Å². The van der Waals surface area contributed by atoms with E-state index in [1.54, 1.807) is 6.07 Å². The number of carbonyl (C=O) groups excluding carboxylic acids is 4. The third-order valence-corrected chi connectivity index (χ3v) is 8.30. The second kappa shape index (κ2) is 24.3.